The van der Waals surface area contributed by atoms with Crippen LogP contribution in [0.4, 0.5) is 11.4 Å². The smallest absolute Gasteiger partial charge is 0.271 e. The fraction of sp³-hybridized carbons (Fsp3) is 0.111. The molecule has 1 aliphatic rings. The molecule has 27 heavy (non-hydrogen) atoms. The maximum Gasteiger partial charge on any atom is 0.271 e. The Morgan fingerprint density at radius 1 is 1.15 bits per heavy atom. The van der Waals surface area contributed by atoms with E-state index in [-0.39, 0.29) is 11.2 Å². The van der Waals surface area contributed by atoms with Gasteiger partial charge in [0.15, 0.2) is 4.80 Å². The van der Waals surface area contributed by atoms with Crippen LogP contribution < -0.4 is 19.8 Å². The van der Waals surface area contributed by atoms with Gasteiger partial charge in [-0.1, -0.05) is 11.3 Å². The lowest BCUT2D eigenvalue weighted by molar-refractivity contribution is -0.384. The molecule has 0 saturated carbocycles. The lowest BCUT2D eigenvalue weighted by Gasteiger charge is -2.25. The van der Waals surface area contributed by atoms with Gasteiger partial charge in [0.2, 0.25) is 0 Å². The van der Waals surface area contributed by atoms with Crippen molar-refractivity contribution >= 4 is 51.4 Å². The maximum absolute atomic E-state index is 12.8. The topological polar surface area (TPSA) is 80.7 Å². The van der Waals surface area contributed by atoms with Gasteiger partial charge in [-0.15, -0.1) is 0 Å². The number of halogens is 1. The largest absolute Gasteiger partial charge is 0.334 e. The molecular weight excluding hydrogens is 479 g/mol. The number of nitro benzene ring substituents is 1. The van der Waals surface area contributed by atoms with Crippen LogP contribution in [0.5, 0.6) is 0 Å². The lowest BCUT2D eigenvalue weighted by atomic mass is 10.2. The standard InChI is InChI=1S/C18H13IN4O3S/c19-13-3-7-14(8-4-13)21-10-20-18-22(11-21)17(24)16(27-18)9-12-1-5-15(6-2-12)23(25)26/h1-9H,10-11H2. The highest BCUT2D eigenvalue weighted by Gasteiger charge is 2.16. The third-order valence-corrected chi connectivity index (χ3v) is 5.93. The molecule has 0 bridgehead atoms. The summed E-state index contributed by atoms with van der Waals surface area (Å²) >= 11 is 3.59. The molecule has 4 rings (SSSR count). The van der Waals surface area contributed by atoms with Crippen molar-refractivity contribution in [3.05, 3.63) is 87.5 Å². The molecule has 0 aliphatic carbocycles. The average Bonchev–Trinajstić information content (AvgIpc) is 2.98. The van der Waals surface area contributed by atoms with Gasteiger partial charge in [-0.25, -0.2) is 4.99 Å². The van der Waals surface area contributed by atoms with E-state index in [9.17, 15) is 14.9 Å². The van der Waals surface area contributed by atoms with Crippen molar-refractivity contribution in [1.29, 1.82) is 0 Å². The number of non-ortho nitro benzene ring substituents is 1. The first kappa shape index (κ1) is 17.9. The molecule has 0 spiro atoms. The summed E-state index contributed by atoms with van der Waals surface area (Å²) in [4.78, 5) is 30.3. The minimum atomic E-state index is -0.444. The second-order valence-corrected chi connectivity index (χ2v) is 8.19. The third-order valence-electron chi connectivity index (χ3n) is 4.17. The molecule has 0 N–H and O–H groups in total. The summed E-state index contributed by atoms with van der Waals surface area (Å²) in [6.45, 7) is 0.945. The van der Waals surface area contributed by atoms with Crippen LogP contribution in [0.2, 0.25) is 0 Å². The summed E-state index contributed by atoms with van der Waals surface area (Å²) in [6.07, 6.45) is 1.74. The number of hydrogen-bond donors (Lipinski definition) is 0. The average molecular weight is 492 g/mol. The van der Waals surface area contributed by atoms with Crippen LogP contribution in [-0.4, -0.2) is 16.2 Å². The zero-order valence-electron chi connectivity index (χ0n) is 13.9. The van der Waals surface area contributed by atoms with Crippen LogP contribution in [0.3, 0.4) is 0 Å². The predicted molar refractivity (Wildman–Crippen MR) is 113 cm³/mol. The van der Waals surface area contributed by atoms with Crippen LogP contribution in [0.15, 0.2) is 58.3 Å². The highest BCUT2D eigenvalue weighted by molar-refractivity contribution is 14.1. The van der Waals surface area contributed by atoms with E-state index in [0.717, 1.165) is 14.8 Å². The molecule has 3 aromatic rings. The molecule has 9 heteroatoms. The number of aromatic nitrogens is 1. The molecule has 0 fully saturated rings. The normalized spacial score (nSPS) is 14.0. The van der Waals surface area contributed by atoms with Crippen molar-refractivity contribution in [3.8, 4) is 0 Å². The van der Waals surface area contributed by atoms with E-state index in [1.54, 1.807) is 22.8 Å². The number of nitro groups is 1. The number of fused-ring (bicyclic) bond motifs is 1. The number of thiazole rings is 1. The molecule has 0 unspecified atom stereocenters. The van der Waals surface area contributed by atoms with Crippen LogP contribution in [0.25, 0.3) is 6.08 Å². The van der Waals surface area contributed by atoms with E-state index in [0.29, 0.717) is 22.7 Å². The predicted octanol–water partition coefficient (Wildman–Crippen LogP) is 2.31. The Balaban J connectivity index is 1.67. The maximum atomic E-state index is 12.8. The molecule has 2 heterocycles. The Kier molecular flexibility index (Phi) is 4.79. The van der Waals surface area contributed by atoms with E-state index in [4.69, 9.17) is 0 Å². The zero-order chi connectivity index (χ0) is 19.0. The minimum Gasteiger partial charge on any atom is -0.334 e. The first-order valence-corrected chi connectivity index (χ1v) is 9.91. The quantitative estimate of drug-likeness (QED) is 0.320. The van der Waals surface area contributed by atoms with Gasteiger partial charge in [0.25, 0.3) is 11.2 Å². The van der Waals surface area contributed by atoms with Crippen LogP contribution in [0, 0.1) is 13.7 Å². The Morgan fingerprint density at radius 3 is 2.52 bits per heavy atom. The lowest BCUT2D eigenvalue weighted by Crippen LogP contribution is -2.42. The Morgan fingerprint density at radius 2 is 1.85 bits per heavy atom. The second kappa shape index (κ2) is 7.24. The van der Waals surface area contributed by atoms with Crippen molar-refractivity contribution < 1.29 is 4.92 Å². The summed E-state index contributed by atoms with van der Waals surface area (Å²) in [5.41, 5.74) is 1.68. The van der Waals surface area contributed by atoms with Gasteiger partial charge >= 0.3 is 0 Å². The van der Waals surface area contributed by atoms with Gasteiger partial charge in [-0.05, 0) is 70.6 Å². The molecular formula is C18H13IN4O3S. The number of rotatable bonds is 3. The summed E-state index contributed by atoms with van der Waals surface area (Å²) in [5, 5.41) is 10.8. The minimum absolute atomic E-state index is 0.0255. The van der Waals surface area contributed by atoms with E-state index < -0.39 is 4.92 Å². The van der Waals surface area contributed by atoms with Gasteiger partial charge in [0, 0.05) is 21.4 Å². The van der Waals surface area contributed by atoms with Gasteiger partial charge in [0.1, 0.15) is 13.3 Å². The van der Waals surface area contributed by atoms with Gasteiger partial charge in [0.05, 0.1) is 9.46 Å². The SMILES string of the molecule is O=c1c(=Cc2ccc([N+](=O)[O-])cc2)sc2n1CN(c1ccc(I)cc1)CN=2. The summed E-state index contributed by atoms with van der Waals surface area (Å²) in [6, 6.07) is 14.2. The van der Waals surface area contributed by atoms with Gasteiger partial charge in [-0.2, -0.15) is 0 Å². The number of hydrogen-bond acceptors (Lipinski definition) is 6. The summed E-state index contributed by atoms with van der Waals surface area (Å²) in [7, 11) is 0. The van der Waals surface area contributed by atoms with Crippen LogP contribution in [0.1, 0.15) is 5.56 Å². The Labute approximate surface area is 171 Å². The van der Waals surface area contributed by atoms with Crippen molar-refractivity contribution in [2.75, 3.05) is 11.6 Å². The molecule has 0 saturated heterocycles. The molecule has 7 nitrogen and oxygen atoms in total. The van der Waals surface area contributed by atoms with Crippen LogP contribution >= 0.6 is 33.9 Å². The van der Waals surface area contributed by atoms with E-state index in [1.165, 1.54) is 23.5 Å². The molecule has 1 aliphatic heterocycles. The molecule has 2 aromatic carbocycles. The number of nitrogens with zero attached hydrogens (tertiary/aromatic N) is 4. The molecule has 1 aromatic heterocycles. The van der Waals surface area contributed by atoms with E-state index >= 15 is 0 Å². The van der Waals surface area contributed by atoms with Crippen molar-refractivity contribution in [1.82, 2.24) is 4.57 Å². The summed E-state index contributed by atoms with van der Waals surface area (Å²) in [5.74, 6) is 0. The fourth-order valence-electron chi connectivity index (χ4n) is 2.77. The van der Waals surface area contributed by atoms with Crippen molar-refractivity contribution in [2.45, 2.75) is 6.67 Å². The monoisotopic (exact) mass is 492 g/mol. The first-order chi connectivity index (χ1) is 13.0. The molecule has 0 radical (unpaired) electrons. The highest BCUT2D eigenvalue weighted by atomic mass is 127. The second-order valence-electron chi connectivity index (χ2n) is 5.93. The first-order valence-electron chi connectivity index (χ1n) is 8.02. The van der Waals surface area contributed by atoms with Crippen molar-refractivity contribution in [3.63, 3.8) is 0 Å². The van der Waals surface area contributed by atoms with Gasteiger partial charge in [-0.3, -0.25) is 19.5 Å². The van der Waals surface area contributed by atoms with Crippen LogP contribution in [-0.2, 0) is 6.67 Å². The van der Waals surface area contributed by atoms with E-state index in [1.807, 2.05) is 29.2 Å². The number of anilines is 1. The molecule has 0 amide bonds. The third kappa shape index (κ3) is 3.65. The Hall–Kier alpha value is -2.53. The highest BCUT2D eigenvalue weighted by Crippen LogP contribution is 2.17. The number of benzene rings is 2. The molecule has 136 valence electrons. The molecule has 0 atom stereocenters. The van der Waals surface area contributed by atoms with Gasteiger partial charge < -0.3 is 4.90 Å². The fourth-order valence-corrected chi connectivity index (χ4v) is 4.09. The summed E-state index contributed by atoms with van der Waals surface area (Å²) < 4.78 is 3.37. The zero-order valence-corrected chi connectivity index (χ0v) is 16.9. The Bertz CT molecular complexity index is 1180. The van der Waals surface area contributed by atoms with Crippen molar-refractivity contribution in [2.24, 2.45) is 4.99 Å². The van der Waals surface area contributed by atoms with E-state index in [2.05, 4.69) is 27.6 Å².